The van der Waals surface area contributed by atoms with Crippen LogP contribution >= 0.6 is 0 Å². The molecule has 8 aromatic rings. The largest absolute Gasteiger partial charge is 0.510 e. The molecule has 3 aromatic heterocycles. The van der Waals surface area contributed by atoms with E-state index in [2.05, 4.69) is 104 Å². The fourth-order valence-corrected chi connectivity index (χ4v) is 5.97. The zero-order valence-electron chi connectivity index (χ0n) is 26.8. The molecule has 0 bridgehead atoms. The molecule has 0 saturated heterocycles. The number of ether oxygens (including phenoxy) is 1. The van der Waals surface area contributed by atoms with Crippen LogP contribution in [-0.4, -0.2) is 14.1 Å². The maximum absolute atomic E-state index is 6.42. The number of para-hydroxylation sites is 1. The monoisotopic (exact) mass is 803 g/mol. The maximum Gasteiger partial charge on any atom is 0.267 e. The van der Waals surface area contributed by atoms with E-state index in [1.54, 1.807) is 0 Å². The molecule has 48 heavy (non-hydrogen) atoms. The van der Waals surface area contributed by atoms with Crippen molar-refractivity contribution < 1.29 is 30.4 Å². The van der Waals surface area contributed by atoms with Crippen LogP contribution < -0.4 is 9.30 Å². The first-order chi connectivity index (χ1) is 22.9. The molecule has 6 heteroatoms. The Morgan fingerprint density at radius 3 is 2.25 bits per heavy atom. The van der Waals surface area contributed by atoms with Crippen LogP contribution in [0.3, 0.4) is 0 Å². The molecule has 0 radical (unpaired) electrons. The molecule has 0 unspecified atom stereocenters. The van der Waals surface area contributed by atoms with Gasteiger partial charge in [-0.25, -0.2) is 4.98 Å². The Hall–Kier alpha value is -5.25. The fourth-order valence-electron chi connectivity index (χ4n) is 5.97. The van der Waals surface area contributed by atoms with Crippen LogP contribution in [0, 0.1) is 18.5 Å². The van der Waals surface area contributed by atoms with Gasteiger partial charge in [-0.15, -0.1) is 29.7 Å². The molecule has 0 aliphatic heterocycles. The number of rotatable bonds is 6. The predicted octanol–water partition coefficient (Wildman–Crippen LogP) is 9.40. The summed E-state index contributed by atoms with van der Waals surface area (Å²) in [5.74, 6) is 2.04. The smallest absolute Gasteiger partial charge is 0.267 e. The van der Waals surface area contributed by atoms with Crippen LogP contribution in [0.5, 0.6) is 11.5 Å². The van der Waals surface area contributed by atoms with Crippen LogP contribution in [0.1, 0.15) is 26.3 Å². The van der Waals surface area contributed by atoms with E-state index in [4.69, 9.17) is 9.72 Å². The van der Waals surface area contributed by atoms with Crippen LogP contribution in [0.15, 0.2) is 140 Å². The minimum Gasteiger partial charge on any atom is -0.510 e. The Kier molecular flexibility index (Phi) is 8.33. The first kappa shape index (κ1) is 31.4. The van der Waals surface area contributed by atoms with Crippen molar-refractivity contribution >= 4 is 21.8 Å². The zero-order valence-corrected chi connectivity index (χ0v) is 29.1. The third kappa shape index (κ3) is 5.98. The van der Waals surface area contributed by atoms with Gasteiger partial charge in [-0.2, -0.15) is 18.2 Å². The van der Waals surface area contributed by atoms with Gasteiger partial charge in [-0.3, -0.25) is 4.57 Å². The number of benzene rings is 5. The quantitative estimate of drug-likeness (QED) is 0.124. The third-order valence-electron chi connectivity index (χ3n) is 8.45. The van der Waals surface area contributed by atoms with Crippen molar-refractivity contribution in [3.05, 3.63) is 164 Å². The van der Waals surface area contributed by atoms with E-state index >= 15 is 0 Å². The molecule has 0 N–H and O–H groups in total. The number of imidazole rings is 1. The van der Waals surface area contributed by atoms with E-state index < -0.39 is 0 Å². The molecule has 0 fully saturated rings. The summed E-state index contributed by atoms with van der Waals surface area (Å²) in [5.41, 5.74) is 7.33. The average molecular weight is 804 g/mol. The van der Waals surface area contributed by atoms with Gasteiger partial charge < -0.3 is 13.9 Å². The Balaban J connectivity index is 0.00000364. The molecule has 0 aliphatic carbocycles. The molecule has 0 spiro atoms. The van der Waals surface area contributed by atoms with Gasteiger partial charge in [-0.1, -0.05) is 87.0 Å². The molecule has 5 aromatic carbocycles. The molecular formula is C42H32N4OPt-2. The Morgan fingerprint density at radius 2 is 1.46 bits per heavy atom. The van der Waals surface area contributed by atoms with Crippen molar-refractivity contribution in [2.24, 2.45) is 0 Å². The molecule has 238 valence electrons. The van der Waals surface area contributed by atoms with Crippen LogP contribution in [0.25, 0.3) is 50.1 Å². The minimum atomic E-state index is -0.0258. The molecule has 8 rings (SSSR count). The summed E-state index contributed by atoms with van der Waals surface area (Å²) < 4.78 is 12.5. The molecule has 0 amide bonds. The maximum atomic E-state index is 6.42. The first-order valence-electron chi connectivity index (χ1n) is 15.7. The van der Waals surface area contributed by atoms with Crippen LogP contribution in [-0.2, 0) is 26.5 Å². The van der Waals surface area contributed by atoms with Crippen molar-refractivity contribution in [3.63, 3.8) is 0 Å². The summed E-state index contributed by atoms with van der Waals surface area (Å²) in [6.45, 7) is 6.67. The van der Waals surface area contributed by atoms with E-state index in [9.17, 15) is 0 Å². The van der Waals surface area contributed by atoms with Gasteiger partial charge >= 0.3 is 0 Å². The van der Waals surface area contributed by atoms with E-state index in [0.29, 0.717) is 11.5 Å². The Morgan fingerprint density at radius 1 is 0.708 bits per heavy atom. The summed E-state index contributed by atoms with van der Waals surface area (Å²) in [6.07, 6.45) is 9.19. The number of hydrogen-bond acceptors (Lipinski definition) is 2. The number of pyridine rings is 1. The SMILES string of the molecule is CC(C)(C)c1ccnc(-n2c3[c-]c(Oc4[c-]c(-n5[c-][n+](-c6ccccc6)cc5)ccc4)ccc3c3ccc(-c4ccccc4)cc32)c1.[Pt]. The normalized spacial score (nSPS) is 11.5. The second-order valence-electron chi connectivity index (χ2n) is 12.6. The molecule has 0 aliphatic rings. The number of fused-ring (bicyclic) bond motifs is 3. The van der Waals surface area contributed by atoms with E-state index in [1.165, 1.54) is 11.1 Å². The third-order valence-corrected chi connectivity index (χ3v) is 8.45. The Labute approximate surface area is 295 Å². The van der Waals surface area contributed by atoms with Crippen molar-refractivity contribution in [3.8, 4) is 39.8 Å². The summed E-state index contributed by atoms with van der Waals surface area (Å²) in [6, 6.07) is 48.5. The molecular weight excluding hydrogens is 772 g/mol. The van der Waals surface area contributed by atoms with E-state index in [0.717, 1.165) is 44.6 Å². The van der Waals surface area contributed by atoms with Gasteiger partial charge in [0.25, 0.3) is 6.33 Å². The van der Waals surface area contributed by atoms with Gasteiger partial charge in [-0.05, 0) is 63.5 Å². The Bertz CT molecular complexity index is 2370. The summed E-state index contributed by atoms with van der Waals surface area (Å²) in [7, 11) is 0. The minimum absolute atomic E-state index is 0. The van der Waals surface area contributed by atoms with Gasteiger partial charge in [0.1, 0.15) is 5.82 Å². The van der Waals surface area contributed by atoms with Crippen molar-refractivity contribution in [2.75, 3.05) is 0 Å². The van der Waals surface area contributed by atoms with Crippen molar-refractivity contribution in [1.29, 1.82) is 0 Å². The van der Waals surface area contributed by atoms with E-state index in [1.807, 2.05) is 88.4 Å². The molecule has 0 atom stereocenters. The summed E-state index contributed by atoms with van der Waals surface area (Å²) in [5, 5.41) is 2.22. The predicted molar refractivity (Wildman–Crippen MR) is 187 cm³/mol. The van der Waals surface area contributed by atoms with Crippen LogP contribution in [0.2, 0.25) is 0 Å². The number of hydrogen-bond donors (Lipinski definition) is 0. The second-order valence-corrected chi connectivity index (χ2v) is 12.6. The van der Waals surface area contributed by atoms with Gasteiger partial charge in [0.05, 0.1) is 5.69 Å². The van der Waals surface area contributed by atoms with Crippen LogP contribution in [0.4, 0.5) is 0 Å². The fraction of sp³-hybridized carbons (Fsp3) is 0.0952. The van der Waals surface area contributed by atoms with Gasteiger partial charge in [0.15, 0.2) is 0 Å². The van der Waals surface area contributed by atoms with Gasteiger partial charge in [0.2, 0.25) is 0 Å². The second kappa shape index (κ2) is 12.7. The summed E-state index contributed by atoms with van der Waals surface area (Å²) in [4.78, 5) is 4.87. The molecule has 5 nitrogen and oxygen atoms in total. The molecule has 3 heterocycles. The van der Waals surface area contributed by atoms with Gasteiger partial charge in [0, 0.05) is 56.7 Å². The number of aromatic nitrogens is 4. The van der Waals surface area contributed by atoms with Crippen molar-refractivity contribution in [1.82, 2.24) is 14.1 Å². The topological polar surface area (TPSA) is 35.9 Å². The molecule has 0 saturated carbocycles. The summed E-state index contributed by atoms with van der Waals surface area (Å²) >= 11 is 0. The average Bonchev–Trinajstić information content (AvgIpc) is 3.72. The standard InChI is InChI=1S/C42H32N4O.Pt/c1-42(2,3)32-21-22-43-41(26-32)46-39-25-31(30-11-6-4-7-12-30)17-19-37(39)38-20-18-36(28-40(38)46)47-35-16-10-15-34(27-35)45-24-23-44(29-45)33-13-8-5-9-14-33;/h4-26H,1-3H3;/q-2;. The first-order valence-corrected chi connectivity index (χ1v) is 15.7. The van der Waals surface area contributed by atoms with Crippen molar-refractivity contribution in [2.45, 2.75) is 26.2 Å². The number of nitrogens with zero attached hydrogens (tertiary/aromatic N) is 4. The zero-order chi connectivity index (χ0) is 32.0. The van der Waals surface area contributed by atoms with E-state index in [-0.39, 0.29) is 26.5 Å².